The lowest BCUT2D eigenvalue weighted by Gasteiger charge is -2.22. The Balaban J connectivity index is 2.11. The highest BCUT2D eigenvalue weighted by Crippen LogP contribution is 2.20. The zero-order valence-electron chi connectivity index (χ0n) is 13.4. The summed E-state index contributed by atoms with van der Waals surface area (Å²) in [6.45, 7) is 9.54. The van der Waals surface area contributed by atoms with Gasteiger partial charge in [-0.25, -0.2) is 4.98 Å². The van der Waals surface area contributed by atoms with E-state index in [1.54, 1.807) is 11.6 Å². The average molecular weight is 292 g/mol. The Labute approximate surface area is 125 Å². The summed E-state index contributed by atoms with van der Waals surface area (Å²) in [5.41, 5.74) is 1.51. The second-order valence-corrected chi connectivity index (χ2v) is 6.17. The van der Waals surface area contributed by atoms with Crippen LogP contribution in [0, 0.1) is 12.8 Å². The first-order valence-corrected chi connectivity index (χ1v) is 7.38. The molecular weight excluding hydrogens is 268 g/mol. The molecule has 0 bridgehead atoms. The Morgan fingerprint density at radius 1 is 1.33 bits per heavy atom. The lowest BCUT2D eigenvalue weighted by Crippen LogP contribution is -2.43. The quantitative estimate of drug-likeness (QED) is 0.881. The Kier molecular flexibility index (Phi) is 4.46. The molecule has 1 aliphatic heterocycles. The van der Waals surface area contributed by atoms with Gasteiger partial charge in [0.15, 0.2) is 0 Å². The average Bonchev–Trinajstić information content (AvgIpc) is 2.85. The van der Waals surface area contributed by atoms with Crippen molar-refractivity contribution in [3.8, 4) is 0 Å². The van der Waals surface area contributed by atoms with Crippen molar-refractivity contribution in [1.29, 1.82) is 0 Å². The van der Waals surface area contributed by atoms with Crippen LogP contribution in [0.3, 0.4) is 0 Å². The summed E-state index contributed by atoms with van der Waals surface area (Å²) in [7, 11) is 1.73. The van der Waals surface area contributed by atoms with Crippen LogP contribution in [0.2, 0.25) is 0 Å². The highest BCUT2D eigenvalue weighted by atomic mass is 16.2. The van der Waals surface area contributed by atoms with Gasteiger partial charge in [-0.15, -0.1) is 0 Å². The maximum absolute atomic E-state index is 12.2. The molecule has 1 aliphatic rings. The number of hydrogen-bond donors (Lipinski definition) is 1. The van der Waals surface area contributed by atoms with Crippen LogP contribution in [-0.4, -0.2) is 32.9 Å². The molecule has 0 saturated heterocycles. The lowest BCUT2D eigenvalue weighted by molar-refractivity contribution is -0.126. The summed E-state index contributed by atoms with van der Waals surface area (Å²) >= 11 is 0. The smallest absolute Gasteiger partial charge is 0.258 e. The zero-order chi connectivity index (χ0) is 15.7. The van der Waals surface area contributed by atoms with Gasteiger partial charge in [-0.3, -0.25) is 19.1 Å². The third-order valence-electron chi connectivity index (χ3n) is 4.02. The normalized spacial score (nSPS) is 16.1. The Morgan fingerprint density at radius 2 is 2.00 bits per heavy atom. The zero-order valence-corrected chi connectivity index (χ0v) is 13.4. The third kappa shape index (κ3) is 3.15. The van der Waals surface area contributed by atoms with Crippen LogP contribution in [0.5, 0.6) is 0 Å². The molecule has 1 aromatic heterocycles. The van der Waals surface area contributed by atoms with E-state index in [4.69, 9.17) is 0 Å². The maximum Gasteiger partial charge on any atom is 0.258 e. The molecule has 0 radical (unpaired) electrons. The molecule has 0 aliphatic carbocycles. The molecule has 1 N–H and O–H groups in total. The van der Waals surface area contributed by atoms with Gasteiger partial charge in [0.2, 0.25) is 5.91 Å². The van der Waals surface area contributed by atoms with Crippen molar-refractivity contribution >= 4 is 5.91 Å². The molecule has 1 aromatic rings. The summed E-state index contributed by atoms with van der Waals surface area (Å²) in [5, 5.41) is 2.94. The van der Waals surface area contributed by atoms with Crippen LogP contribution < -0.4 is 10.9 Å². The second kappa shape index (κ2) is 5.97. The number of rotatable bonds is 4. The third-order valence-corrected chi connectivity index (χ3v) is 4.02. The Hall–Kier alpha value is -1.69. The molecule has 6 heteroatoms. The molecule has 0 spiro atoms. The standard InChI is InChI=1S/C15H24N4O2/c1-9(2)6-16-14(20)10(3)19-7-12-13(8-19)17-11(4)18(5)15(12)21/h9-10H,6-8H2,1-5H3,(H,16,20). The molecule has 1 amide bonds. The Morgan fingerprint density at radius 3 is 2.62 bits per heavy atom. The minimum Gasteiger partial charge on any atom is -0.354 e. The number of nitrogens with one attached hydrogen (secondary N) is 1. The number of aryl methyl sites for hydroxylation is 1. The minimum atomic E-state index is -0.261. The molecule has 0 aromatic carbocycles. The van der Waals surface area contributed by atoms with E-state index in [2.05, 4.69) is 24.1 Å². The van der Waals surface area contributed by atoms with E-state index in [-0.39, 0.29) is 17.5 Å². The van der Waals surface area contributed by atoms with Crippen molar-refractivity contribution in [2.75, 3.05) is 6.54 Å². The lowest BCUT2D eigenvalue weighted by atomic mass is 10.2. The predicted molar refractivity (Wildman–Crippen MR) is 80.8 cm³/mol. The van der Waals surface area contributed by atoms with Crippen molar-refractivity contribution in [3.05, 3.63) is 27.4 Å². The number of nitrogens with zero attached hydrogens (tertiary/aromatic N) is 3. The maximum atomic E-state index is 12.2. The molecule has 116 valence electrons. The number of fused-ring (bicyclic) bond motifs is 1. The highest BCUT2D eigenvalue weighted by molar-refractivity contribution is 5.81. The molecule has 1 unspecified atom stereocenters. The van der Waals surface area contributed by atoms with Crippen molar-refractivity contribution in [2.45, 2.75) is 46.8 Å². The highest BCUT2D eigenvalue weighted by Gasteiger charge is 2.30. The van der Waals surface area contributed by atoms with Crippen molar-refractivity contribution in [1.82, 2.24) is 19.8 Å². The van der Waals surface area contributed by atoms with E-state index in [0.717, 1.165) is 5.69 Å². The van der Waals surface area contributed by atoms with Crippen molar-refractivity contribution in [3.63, 3.8) is 0 Å². The van der Waals surface area contributed by atoms with Gasteiger partial charge in [0.1, 0.15) is 5.82 Å². The van der Waals surface area contributed by atoms with Crippen LogP contribution in [0.1, 0.15) is 37.9 Å². The van der Waals surface area contributed by atoms with Crippen LogP contribution in [0.25, 0.3) is 0 Å². The van der Waals surface area contributed by atoms with Crippen LogP contribution >= 0.6 is 0 Å². The van der Waals surface area contributed by atoms with Crippen molar-refractivity contribution < 1.29 is 4.79 Å². The van der Waals surface area contributed by atoms with E-state index in [0.29, 0.717) is 36.9 Å². The molecule has 2 rings (SSSR count). The van der Waals surface area contributed by atoms with Gasteiger partial charge in [0.05, 0.1) is 17.3 Å². The fraction of sp³-hybridized carbons (Fsp3) is 0.667. The largest absolute Gasteiger partial charge is 0.354 e. The molecule has 0 saturated carbocycles. The monoisotopic (exact) mass is 292 g/mol. The summed E-state index contributed by atoms with van der Waals surface area (Å²) in [5.74, 6) is 1.14. The SMILES string of the molecule is Cc1nc2c(c(=O)n1C)CN(C(C)C(=O)NCC(C)C)C2. The molecular formula is C15H24N4O2. The minimum absolute atomic E-state index is 0.00468. The van der Waals surface area contributed by atoms with Crippen LogP contribution in [0.15, 0.2) is 4.79 Å². The van der Waals surface area contributed by atoms with Crippen LogP contribution in [0.4, 0.5) is 0 Å². The first-order chi connectivity index (χ1) is 9.81. The van der Waals surface area contributed by atoms with Crippen LogP contribution in [-0.2, 0) is 24.9 Å². The second-order valence-electron chi connectivity index (χ2n) is 6.17. The summed E-state index contributed by atoms with van der Waals surface area (Å²) in [4.78, 5) is 30.8. The molecule has 0 fully saturated rings. The predicted octanol–water partition coefficient (Wildman–Crippen LogP) is 0.565. The first kappa shape index (κ1) is 15.7. The molecule has 2 heterocycles. The van der Waals surface area contributed by atoms with Gasteiger partial charge in [-0.05, 0) is 19.8 Å². The van der Waals surface area contributed by atoms with E-state index in [1.807, 2.05) is 18.7 Å². The number of aromatic nitrogens is 2. The molecule has 6 nitrogen and oxygen atoms in total. The fourth-order valence-electron chi connectivity index (χ4n) is 2.44. The first-order valence-electron chi connectivity index (χ1n) is 7.38. The van der Waals surface area contributed by atoms with E-state index in [9.17, 15) is 9.59 Å². The van der Waals surface area contributed by atoms with Gasteiger partial charge in [0, 0.05) is 26.7 Å². The topological polar surface area (TPSA) is 67.2 Å². The van der Waals surface area contributed by atoms with Gasteiger partial charge >= 0.3 is 0 Å². The fourth-order valence-corrected chi connectivity index (χ4v) is 2.44. The number of carbonyl (C=O) groups excluding carboxylic acids is 1. The van der Waals surface area contributed by atoms with E-state index in [1.165, 1.54) is 0 Å². The van der Waals surface area contributed by atoms with Gasteiger partial charge in [-0.1, -0.05) is 13.8 Å². The summed E-state index contributed by atoms with van der Waals surface area (Å²) < 4.78 is 1.56. The Bertz CT molecular complexity index is 606. The van der Waals surface area contributed by atoms with E-state index < -0.39 is 0 Å². The molecule has 21 heavy (non-hydrogen) atoms. The van der Waals surface area contributed by atoms with Gasteiger partial charge in [-0.2, -0.15) is 0 Å². The summed E-state index contributed by atoms with van der Waals surface area (Å²) in [6, 6.07) is -0.261. The number of amides is 1. The number of carbonyl (C=O) groups is 1. The number of hydrogen-bond acceptors (Lipinski definition) is 4. The summed E-state index contributed by atoms with van der Waals surface area (Å²) in [6.07, 6.45) is 0. The van der Waals surface area contributed by atoms with Gasteiger partial charge in [0.25, 0.3) is 5.56 Å². The van der Waals surface area contributed by atoms with Crippen molar-refractivity contribution in [2.24, 2.45) is 13.0 Å². The molecule has 1 atom stereocenters. The van der Waals surface area contributed by atoms with Gasteiger partial charge < -0.3 is 5.32 Å². The van der Waals surface area contributed by atoms with E-state index >= 15 is 0 Å².